The molecule has 2 N–H and O–H groups in total. The molecular weight excluding hydrogens is 186 g/mol. The van der Waals surface area contributed by atoms with E-state index in [1.54, 1.807) is 0 Å². The van der Waals surface area contributed by atoms with Gasteiger partial charge in [0.1, 0.15) is 5.82 Å². The second-order valence-corrected chi connectivity index (χ2v) is 4.91. The van der Waals surface area contributed by atoms with E-state index < -0.39 is 0 Å². The number of H-pyrrole nitrogens is 1. The smallest absolute Gasteiger partial charge is 0.106 e. The lowest BCUT2D eigenvalue weighted by Gasteiger charge is -2.04. The van der Waals surface area contributed by atoms with Gasteiger partial charge in [-0.05, 0) is 38.3 Å². The van der Waals surface area contributed by atoms with Gasteiger partial charge in [-0.2, -0.15) is 0 Å². The Morgan fingerprint density at radius 2 is 2.27 bits per heavy atom. The third-order valence-electron chi connectivity index (χ3n) is 3.16. The molecule has 0 spiro atoms. The first-order valence-electron chi connectivity index (χ1n) is 5.93. The number of aromatic nitrogens is 2. The van der Waals surface area contributed by atoms with Crippen LogP contribution in [-0.2, 0) is 6.42 Å². The van der Waals surface area contributed by atoms with Crippen LogP contribution in [0.2, 0.25) is 0 Å². The van der Waals surface area contributed by atoms with E-state index >= 15 is 0 Å². The van der Waals surface area contributed by atoms with E-state index in [9.17, 15) is 0 Å². The highest BCUT2D eigenvalue weighted by Crippen LogP contribution is 2.19. The van der Waals surface area contributed by atoms with Gasteiger partial charge in [0.2, 0.25) is 0 Å². The molecule has 0 radical (unpaired) electrons. The van der Waals surface area contributed by atoms with Crippen LogP contribution in [0.1, 0.15) is 43.4 Å². The van der Waals surface area contributed by atoms with Crippen molar-refractivity contribution in [1.29, 1.82) is 0 Å². The SMILES string of the molecule is Cc1[nH]c(CC2CCNC2)nc1C(C)C. The van der Waals surface area contributed by atoms with Crippen molar-refractivity contribution in [3.05, 3.63) is 17.2 Å². The van der Waals surface area contributed by atoms with Crippen LogP contribution in [0.15, 0.2) is 0 Å². The molecule has 3 nitrogen and oxygen atoms in total. The van der Waals surface area contributed by atoms with Crippen LogP contribution >= 0.6 is 0 Å². The van der Waals surface area contributed by atoms with Gasteiger partial charge in [-0.25, -0.2) is 4.98 Å². The van der Waals surface area contributed by atoms with E-state index in [-0.39, 0.29) is 0 Å². The third-order valence-corrected chi connectivity index (χ3v) is 3.16. The number of imidazole rings is 1. The zero-order valence-electron chi connectivity index (χ0n) is 9.93. The Labute approximate surface area is 91.7 Å². The maximum Gasteiger partial charge on any atom is 0.106 e. The van der Waals surface area contributed by atoms with E-state index in [4.69, 9.17) is 0 Å². The molecule has 1 atom stereocenters. The highest BCUT2D eigenvalue weighted by Gasteiger charge is 2.18. The third kappa shape index (κ3) is 2.40. The Kier molecular flexibility index (Phi) is 3.10. The maximum atomic E-state index is 4.69. The van der Waals surface area contributed by atoms with E-state index in [1.165, 1.54) is 30.2 Å². The summed E-state index contributed by atoms with van der Waals surface area (Å²) in [7, 11) is 0. The topological polar surface area (TPSA) is 40.7 Å². The fourth-order valence-corrected chi connectivity index (χ4v) is 2.36. The van der Waals surface area contributed by atoms with Crippen molar-refractivity contribution in [2.45, 2.75) is 39.5 Å². The molecule has 0 bridgehead atoms. The molecule has 1 saturated heterocycles. The van der Waals surface area contributed by atoms with Crippen molar-refractivity contribution in [2.24, 2.45) is 5.92 Å². The molecule has 1 aromatic heterocycles. The lowest BCUT2D eigenvalue weighted by molar-refractivity contribution is 0.563. The minimum Gasteiger partial charge on any atom is -0.346 e. The van der Waals surface area contributed by atoms with Crippen LogP contribution in [0.3, 0.4) is 0 Å². The summed E-state index contributed by atoms with van der Waals surface area (Å²) in [6, 6.07) is 0. The molecule has 0 aliphatic carbocycles. The molecule has 84 valence electrons. The number of rotatable bonds is 3. The Morgan fingerprint density at radius 1 is 1.47 bits per heavy atom. The Morgan fingerprint density at radius 3 is 2.80 bits per heavy atom. The molecule has 2 heterocycles. The molecule has 1 aliphatic heterocycles. The molecule has 1 unspecified atom stereocenters. The lowest BCUT2D eigenvalue weighted by Crippen LogP contribution is -2.11. The van der Waals surface area contributed by atoms with Crippen molar-refractivity contribution in [2.75, 3.05) is 13.1 Å². The van der Waals surface area contributed by atoms with Crippen molar-refractivity contribution in [3.8, 4) is 0 Å². The van der Waals surface area contributed by atoms with E-state index in [0.717, 1.165) is 18.9 Å². The predicted molar refractivity (Wildman–Crippen MR) is 62.1 cm³/mol. The van der Waals surface area contributed by atoms with Gasteiger partial charge in [0.05, 0.1) is 5.69 Å². The number of aromatic amines is 1. The molecule has 0 amide bonds. The average Bonchev–Trinajstić information content (AvgIpc) is 2.75. The number of nitrogens with zero attached hydrogens (tertiary/aromatic N) is 1. The zero-order chi connectivity index (χ0) is 10.8. The molecule has 3 heteroatoms. The standard InChI is InChI=1S/C12H21N3/c1-8(2)12-9(3)14-11(15-12)6-10-4-5-13-7-10/h8,10,13H,4-7H2,1-3H3,(H,14,15). The fraction of sp³-hybridized carbons (Fsp3) is 0.750. The molecule has 2 rings (SSSR count). The molecule has 1 fully saturated rings. The zero-order valence-corrected chi connectivity index (χ0v) is 9.93. The average molecular weight is 207 g/mol. The molecule has 0 aromatic carbocycles. The summed E-state index contributed by atoms with van der Waals surface area (Å²) in [6.07, 6.45) is 2.39. The monoisotopic (exact) mass is 207 g/mol. The number of hydrogen-bond donors (Lipinski definition) is 2. The first-order chi connectivity index (χ1) is 7.16. The largest absolute Gasteiger partial charge is 0.346 e. The fourth-order valence-electron chi connectivity index (χ4n) is 2.36. The number of aryl methyl sites for hydroxylation is 1. The quantitative estimate of drug-likeness (QED) is 0.796. The van der Waals surface area contributed by atoms with Gasteiger partial charge in [-0.3, -0.25) is 0 Å². The summed E-state index contributed by atoms with van der Waals surface area (Å²) >= 11 is 0. The van der Waals surface area contributed by atoms with Gasteiger partial charge in [0.25, 0.3) is 0 Å². The van der Waals surface area contributed by atoms with Crippen LogP contribution in [0.4, 0.5) is 0 Å². The van der Waals surface area contributed by atoms with Gasteiger partial charge in [-0.1, -0.05) is 13.8 Å². The van der Waals surface area contributed by atoms with Crippen molar-refractivity contribution >= 4 is 0 Å². The van der Waals surface area contributed by atoms with Gasteiger partial charge in [0.15, 0.2) is 0 Å². The van der Waals surface area contributed by atoms with Crippen LogP contribution in [0.25, 0.3) is 0 Å². The van der Waals surface area contributed by atoms with Gasteiger partial charge < -0.3 is 10.3 Å². The maximum absolute atomic E-state index is 4.69. The molecular formula is C12H21N3. The molecule has 15 heavy (non-hydrogen) atoms. The first kappa shape index (κ1) is 10.7. The minimum atomic E-state index is 0.525. The molecule has 1 aliphatic rings. The van der Waals surface area contributed by atoms with Gasteiger partial charge in [0, 0.05) is 12.1 Å². The Hall–Kier alpha value is -0.830. The minimum absolute atomic E-state index is 0.525. The highest BCUT2D eigenvalue weighted by molar-refractivity contribution is 5.16. The van der Waals surface area contributed by atoms with Crippen LogP contribution in [0, 0.1) is 12.8 Å². The van der Waals surface area contributed by atoms with Crippen molar-refractivity contribution < 1.29 is 0 Å². The Bertz CT molecular complexity index is 322. The van der Waals surface area contributed by atoms with Crippen LogP contribution in [0.5, 0.6) is 0 Å². The normalized spacial score (nSPS) is 21.5. The number of hydrogen-bond acceptors (Lipinski definition) is 2. The number of nitrogens with one attached hydrogen (secondary N) is 2. The summed E-state index contributed by atoms with van der Waals surface area (Å²) in [5.74, 6) is 2.47. The first-order valence-corrected chi connectivity index (χ1v) is 5.93. The summed E-state index contributed by atoms with van der Waals surface area (Å²) in [4.78, 5) is 8.10. The lowest BCUT2D eigenvalue weighted by atomic mass is 10.1. The summed E-state index contributed by atoms with van der Waals surface area (Å²) in [6.45, 7) is 8.84. The van der Waals surface area contributed by atoms with Gasteiger partial charge in [-0.15, -0.1) is 0 Å². The van der Waals surface area contributed by atoms with E-state index in [1.807, 2.05) is 0 Å². The van der Waals surface area contributed by atoms with Crippen LogP contribution < -0.4 is 5.32 Å². The molecule has 1 aromatic rings. The Balaban J connectivity index is 2.05. The summed E-state index contributed by atoms with van der Waals surface area (Å²) in [5.41, 5.74) is 2.47. The van der Waals surface area contributed by atoms with E-state index in [0.29, 0.717) is 5.92 Å². The van der Waals surface area contributed by atoms with Gasteiger partial charge >= 0.3 is 0 Å². The molecule has 0 saturated carbocycles. The second-order valence-electron chi connectivity index (χ2n) is 4.91. The van der Waals surface area contributed by atoms with Crippen LogP contribution in [-0.4, -0.2) is 23.1 Å². The van der Waals surface area contributed by atoms with Crippen molar-refractivity contribution in [1.82, 2.24) is 15.3 Å². The highest BCUT2D eigenvalue weighted by atomic mass is 14.9. The second kappa shape index (κ2) is 4.35. The summed E-state index contributed by atoms with van der Waals surface area (Å²) < 4.78 is 0. The van der Waals surface area contributed by atoms with Crippen molar-refractivity contribution in [3.63, 3.8) is 0 Å². The predicted octanol–water partition coefficient (Wildman–Crippen LogP) is 1.99. The van der Waals surface area contributed by atoms with E-state index in [2.05, 4.69) is 36.1 Å². The summed E-state index contributed by atoms with van der Waals surface area (Å²) in [5, 5.41) is 3.40.